The Kier molecular flexibility index (Phi) is 7.44. The lowest BCUT2D eigenvalue weighted by Gasteiger charge is -2.33. The van der Waals surface area contributed by atoms with Crippen molar-refractivity contribution >= 4 is 6.09 Å². The quantitative estimate of drug-likeness (QED) is 0.574. The number of aryl methyl sites for hydroxylation is 1. The van der Waals surface area contributed by atoms with Gasteiger partial charge in [-0.2, -0.15) is 0 Å². The zero-order valence-electron chi connectivity index (χ0n) is 18.6. The van der Waals surface area contributed by atoms with E-state index < -0.39 is 17.6 Å². The van der Waals surface area contributed by atoms with Crippen LogP contribution >= 0.6 is 0 Å². The van der Waals surface area contributed by atoms with Crippen LogP contribution in [0.5, 0.6) is 11.5 Å². The third kappa shape index (κ3) is 5.31. The maximum absolute atomic E-state index is 11.6. The van der Waals surface area contributed by atoms with E-state index in [2.05, 4.69) is 24.3 Å². The highest BCUT2D eigenvalue weighted by Gasteiger charge is 2.48. The first kappa shape index (κ1) is 22.9. The molecular weight excluding hydrogens is 394 g/mol. The highest BCUT2D eigenvalue weighted by molar-refractivity contribution is 5.66. The van der Waals surface area contributed by atoms with Crippen LogP contribution < -0.4 is 9.47 Å². The minimum absolute atomic E-state index is 0.130. The number of unbranched alkanes of at least 4 members (excludes halogenated alkanes) is 1. The fourth-order valence-electron chi connectivity index (χ4n) is 4.35. The smallest absolute Gasteiger partial charge is 0.407 e. The molecule has 0 bridgehead atoms. The summed E-state index contributed by atoms with van der Waals surface area (Å²) in [6, 6.07) is 16.1. The number of methoxy groups -OCH3 is 1. The van der Waals surface area contributed by atoms with Crippen molar-refractivity contribution in [2.45, 2.75) is 45.1 Å². The molecule has 1 aliphatic heterocycles. The van der Waals surface area contributed by atoms with E-state index in [9.17, 15) is 15.0 Å². The number of aliphatic hydroxyl groups is 1. The van der Waals surface area contributed by atoms with Gasteiger partial charge in [0.05, 0.1) is 19.8 Å². The monoisotopic (exact) mass is 427 g/mol. The van der Waals surface area contributed by atoms with Crippen LogP contribution in [-0.2, 0) is 6.42 Å². The maximum atomic E-state index is 11.6. The van der Waals surface area contributed by atoms with E-state index in [1.165, 1.54) is 10.5 Å². The van der Waals surface area contributed by atoms with Gasteiger partial charge in [-0.1, -0.05) is 43.3 Å². The molecule has 0 aliphatic carbocycles. The predicted octanol–water partition coefficient (Wildman–Crippen LogP) is 4.56. The second-order valence-corrected chi connectivity index (χ2v) is 8.60. The van der Waals surface area contributed by atoms with Crippen LogP contribution in [0.4, 0.5) is 4.79 Å². The summed E-state index contributed by atoms with van der Waals surface area (Å²) in [5, 5.41) is 19.9. The number of benzene rings is 2. The van der Waals surface area contributed by atoms with E-state index in [-0.39, 0.29) is 5.92 Å². The lowest BCUT2D eigenvalue weighted by molar-refractivity contribution is 0.0481. The Morgan fingerprint density at radius 2 is 1.94 bits per heavy atom. The average Bonchev–Trinajstić information content (AvgIpc) is 3.13. The average molecular weight is 428 g/mol. The Labute approximate surface area is 184 Å². The Bertz CT molecular complexity index is 869. The molecule has 1 amide bonds. The molecule has 0 spiro atoms. The van der Waals surface area contributed by atoms with Crippen LogP contribution in [0.2, 0.25) is 0 Å². The molecule has 2 aromatic carbocycles. The highest BCUT2D eigenvalue weighted by atomic mass is 16.5. The van der Waals surface area contributed by atoms with Gasteiger partial charge in [0, 0.05) is 24.4 Å². The fourth-order valence-corrected chi connectivity index (χ4v) is 4.35. The SMILES string of the molecule is COc1ccc(C2CN(C(=O)O)CC2(C)C(C)O)cc1OCCCCc1ccccc1. The Morgan fingerprint density at radius 1 is 1.19 bits per heavy atom. The number of nitrogens with zero attached hydrogens (tertiary/aromatic N) is 1. The van der Waals surface area contributed by atoms with Gasteiger partial charge in [0.2, 0.25) is 0 Å². The molecule has 1 aliphatic rings. The molecule has 2 N–H and O–H groups in total. The number of likely N-dealkylation sites (tertiary alicyclic amines) is 1. The van der Waals surface area contributed by atoms with Gasteiger partial charge in [-0.3, -0.25) is 0 Å². The molecule has 168 valence electrons. The summed E-state index contributed by atoms with van der Waals surface area (Å²) in [6.07, 6.45) is 1.36. The molecule has 0 aromatic heterocycles. The third-order valence-corrected chi connectivity index (χ3v) is 6.51. The second-order valence-electron chi connectivity index (χ2n) is 8.60. The summed E-state index contributed by atoms with van der Waals surface area (Å²) < 4.78 is 11.5. The Balaban J connectivity index is 1.68. The molecule has 6 heteroatoms. The molecule has 1 fully saturated rings. The summed E-state index contributed by atoms with van der Waals surface area (Å²) in [7, 11) is 1.61. The van der Waals surface area contributed by atoms with Gasteiger partial charge in [0.15, 0.2) is 11.5 Å². The maximum Gasteiger partial charge on any atom is 0.407 e. The minimum Gasteiger partial charge on any atom is -0.493 e. The zero-order chi connectivity index (χ0) is 22.4. The molecule has 0 saturated carbocycles. The van der Waals surface area contributed by atoms with Crippen molar-refractivity contribution in [3.8, 4) is 11.5 Å². The van der Waals surface area contributed by atoms with E-state index in [0.29, 0.717) is 31.2 Å². The standard InChI is InChI=1S/C25H33NO5/c1-18(27)25(2)17-26(24(28)29)16-21(25)20-12-13-22(30-3)23(15-20)31-14-8-7-11-19-9-5-4-6-10-19/h4-6,9-10,12-13,15,18,21,27H,7-8,11,14,16-17H2,1-3H3,(H,28,29). The first-order valence-corrected chi connectivity index (χ1v) is 10.9. The first-order valence-electron chi connectivity index (χ1n) is 10.9. The van der Waals surface area contributed by atoms with Crippen LogP contribution in [-0.4, -0.2) is 54.1 Å². The first-order chi connectivity index (χ1) is 14.8. The lowest BCUT2D eigenvalue weighted by Crippen LogP contribution is -2.37. The van der Waals surface area contributed by atoms with Crippen LogP contribution in [0.25, 0.3) is 0 Å². The third-order valence-electron chi connectivity index (χ3n) is 6.51. The highest BCUT2D eigenvalue weighted by Crippen LogP contribution is 2.46. The number of carbonyl (C=O) groups is 1. The van der Waals surface area contributed by atoms with Crippen LogP contribution in [0.15, 0.2) is 48.5 Å². The molecule has 1 saturated heterocycles. The molecule has 0 radical (unpaired) electrons. The van der Waals surface area contributed by atoms with Gasteiger partial charge >= 0.3 is 6.09 Å². The van der Waals surface area contributed by atoms with Gasteiger partial charge in [-0.15, -0.1) is 0 Å². The predicted molar refractivity (Wildman–Crippen MR) is 120 cm³/mol. The van der Waals surface area contributed by atoms with Gasteiger partial charge in [0.1, 0.15) is 0 Å². The van der Waals surface area contributed by atoms with E-state index in [4.69, 9.17) is 9.47 Å². The van der Waals surface area contributed by atoms with Crippen molar-refractivity contribution in [3.05, 3.63) is 59.7 Å². The summed E-state index contributed by atoms with van der Waals surface area (Å²) in [6.45, 7) is 4.89. The molecule has 1 heterocycles. The number of aliphatic hydroxyl groups excluding tert-OH is 1. The molecule has 3 atom stereocenters. The molecule has 3 rings (SSSR count). The van der Waals surface area contributed by atoms with E-state index >= 15 is 0 Å². The second kappa shape index (κ2) is 10.1. The minimum atomic E-state index is -0.960. The van der Waals surface area contributed by atoms with Crippen LogP contribution in [0.3, 0.4) is 0 Å². The number of amides is 1. The van der Waals surface area contributed by atoms with Crippen molar-refractivity contribution < 1.29 is 24.5 Å². The molecule has 2 aromatic rings. The van der Waals surface area contributed by atoms with Crippen LogP contribution in [0.1, 0.15) is 43.7 Å². The van der Waals surface area contributed by atoms with Crippen LogP contribution in [0, 0.1) is 5.41 Å². The number of carboxylic acid groups (broad SMARTS) is 1. The summed E-state index contributed by atoms with van der Waals surface area (Å²) >= 11 is 0. The number of hydrogen-bond acceptors (Lipinski definition) is 4. The molecule has 6 nitrogen and oxygen atoms in total. The number of ether oxygens (including phenoxy) is 2. The van der Waals surface area contributed by atoms with Crippen molar-refractivity contribution in [2.24, 2.45) is 5.41 Å². The molecular formula is C25H33NO5. The van der Waals surface area contributed by atoms with Crippen molar-refractivity contribution in [2.75, 3.05) is 26.8 Å². The number of hydrogen-bond donors (Lipinski definition) is 2. The molecule has 3 unspecified atom stereocenters. The van der Waals surface area contributed by atoms with Crippen molar-refractivity contribution in [1.29, 1.82) is 0 Å². The summed E-state index contributed by atoms with van der Waals surface area (Å²) in [4.78, 5) is 12.9. The fraction of sp³-hybridized carbons (Fsp3) is 0.480. The topological polar surface area (TPSA) is 79.2 Å². The summed E-state index contributed by atoms with van der Waals surface area (Å²) in [5.74, 6) is 1.18. The van der Waals surface area contributed by atoms with Crippen molar-refractivity contribution in [1.82, 2.24) is 4.90 Å². The van der Waals surface area contributed by atoms with Gasteiger partial charge in [-0.25, -0.2) is 4.79 Å². The normalized spacial score (nSPS) is 21.7. The van der Waals surface area contributed by atoms with E-state index in [1.54, 1.807) is 14.0 Å². The Hall–Kier alpha value is -2.73. The van der Waals surface area contributed by atoms with E-state index in [1.807, 2.05) is 31.2 Å². The number of rotatable bonds is 9. The molecule has 31 heavy (non-hydrogen) atoms. The van der Waals surface area contributed by atoms with E-state index in [0.717, 1.165) is 24.8 Å². The van der Waals surface area contributed by atoms with Gasteiger partial charge in [-0.05, 0) is 49.4 Å². The van der Waals surface area contributed by atoms with Gasteiger partial charge < -0.3 is 24.6 Å². The zero-order valence-corrected chi connectivity index (χ0v) is 18.6. The lowest BCUT2D eigenvalue weighted by atomic mass is 9.72. The Morgan fingerprint density at radius 3 is 2.58 bits per heavy atom. The summed E-state index contributed by atoms with van der Waals surface area (Å²) in [5.41, 5.74) is 1.70. The largest absolute Gasteiger partial charge is 0.493 e. The van der Waals surface area contributed by atoms with Gasteiger partial charge in [0.25, 0.3) is 0 Å². The van der Waals surface area contributed by atoms with Crippen molar-refractivity contribution in [3.63, 3.8) is 0 Å².